The molecule has 0 fully saturated rings. The molecule has 0 aliphatic rings. The molecule has 3 radical (unpaired) electrons. The Morgan fingerprint density at radius 2 is 1.12 bits per heavy atom. The van der Waals surface area contributed by atoms with E-state index in [9.17, 15) is 0 Å². The molecule has 5 heteroatoms. The summed E-state index contributed by atoms with van der Waals surface area (Å²) >= 11 is -2.26. The van der Waals surface area contributed by atoms with Gasteiger partial charge in [-0.05, 0) is 0 Å². The molecule has 0 rings (SSSR count). The summed E-state index contributed by atoms with van der Waals surface area (Å²) in [5, 5.41) is 0. The molecule has 0 N–H and O–H groups in total. The maximum Gasteiger partial charge on any atom is 0 e. The van der Waals surface area contributed by atoms with Gasteiger partial charge in [0.05, 0.1) is 0 Å². The molecule has 0 aromatic rings. The molecule has 0 aliphatic carbocycles. The van der Waals surface area contributed by atoms with Gasteiger partial charge in [-0.3, -0.25) is 0 Å². The first-order chi connectivity index (χ1) is 3.35. The van der Waals surface area contributed by atoms with Crippen LogP contribution >= 0.6 is 0 Å². The van der Waals surface area contributed by atoms with Gasteiger partial charge in [0.25, 0.3) is 0 Å². The molecular weight excluding hydrogens is 314 g/mol. The van der Waals surface area contributed by atoms with Crippen LogP contribution in [0.25, 0.3) is 0 Å². The van der Waals surface area contributed by atoms with Gasteiger partial charge in [0.1, 0.15) is 0 Å². The van der Waals surface area contributed by atoms with Crippen molar-refractivity contribution in [1.29, 1.82) is 0 Å². The molecule has 3 nitrogen and oxygen atoms in total. The Bertz CT molecular complexity index is 34.0. The van der Waals surface area contributed by atoms with Crippen LogP contribution < -0.4 is 0 Å². The zero-order chi connectivity index (χ0) is 5.70. The van der Waals surface area contributed by atoms with Crippen LogP contribution in [0.1, 0.15) is 0 Å². The van der Waals surface area contributed by atoms with Gasteiger partial charge in [-0.2, -0.15) is 0 Å². The monoisotopic (exact) mass is 323 g/mol. The normalized spacial score (nSPS) is 7.88. The van der Waals surface area contributed by atoms with Crippen LogP contribution in [0.5, 0.6) is 0 Å². The Morgan fingerprint density at radius 1 is 0.875 bits per heavy atom. The Kier molecular flexibility index (Phi) is 13.3. The molecule has 45 valence electrons. The van der Waals surface area contributed by atoms with Crippen molar-refractivity contribution >= 4 is 48.6 Å². The summed E-state index contributed by atoms with van der Waals surface area (Å²) in [6, 6.07) is 0. The van der Waals surface area contributed by atoms with E-state index in [4.69, 9.17) is 8.56 Å². The molecule has 0 heterocycles. The Labute approximate surface area is 77.8 Å². The van der Waals surface area contributed by atoms with Crippen molar-refractivity contribution in [1.82, 2.24) is 0 Å². The molecule has 0 aromatic carbocycles. The summed E-state index contributed by atoms with van der Waals surface area (Å²) in [6.07, 6.45) is 0. The van der Waals surface area contributed by atoms with Gasteiger partial charge >= 0.3 is 52.6 Å². The van der Waals surface area contributed by atoms with Crippen molar-refractivity contribution < 1.29 is 8.56 Å². The van der Waals surface area contributed by atoms with Crippen LogP contribution in [-0.4, -0.2) is 69.9 Å². The largest absolute Gasteiger partial charge is 0 e. The van der Waals surface area contributed by atoms with Crippen LogP contribution in [0.2, 0.25) is 0 Å². The average molecular weight is 323 g/mol. The van der Waals surface area contributed by atoms with Gasteiger partial charge in [-0.25, -0.2) is 0 Å². The van der Waals surface area contributed by atoms with Crippen molar-refractivity contribution in [2.45, 2.75) is 0 Å². The third-order valence-corrected chi connectivity index (χ3v) is 3.87. The predicted octanol–water partition coefficient (Wildman–Crippen LogP) is -0.470. The van der Waals surface area contributed by atoms with Crippen molar-refractivity contribution in [3.8, 4) is 0 Å². The number of hydrogen-bond donors (Lipinski definition) is 0. The summed E-state index contributed by atoms with van der Waals surface area (Å²) in [7, 11) is 4.81. The number of hydrogen-bond acceptors (Lipinski definition) is 3. The standard InChI is InChI=1S/3CH3O.2In/c3*1-2;;/h3*1H3;;/q3*-1;;+3. The average Bonchev–Trinajstić information content (AvgIpc) is 1.72. The summed E-state index contributed by atoms with van der Waals surface area (Å²) in [5.74, 6) is 0. The van der Waals surface area contributed by atoms with Gasteiger partial charge < -0.3 is 0 Å². The van der Waals surface area contributed by atoms with Gasteiger partial charge in [-0.15, -0.1) is 0 Å². The van der Waals surface area contributed by atoms with E-state index in [2.05, 4.69) is 0 Å². The van der Waals surface area contributed by atoms with Crippen LogP contribution in [0.4, 0.5) is 0 Å². The first-order valence-electron chi connectivity index (χ1n) is 1.93. The number of rotatable bonds is 3. The third kappa shape index (κ3) is 5.75. The van der Waals surface area contributed by atoms with Crippen molar-refractivity contribution in [3.05, 3.63) is 0 Å². The first kappa shape index (κ1) is 12.3. The fourth-order valence-corrected chi connectivity index (χ4v) is 1.94. The maximum absolute atomic E-state index is 4.81. The van der Waals surface area contributed by atoms with E-state index in [0.717, 1.165) is 0 Å². The van der Waals surface area contributed by atoms with E-state index < -0.39 is 22.7 Å². The summed E-state index contributed by atoms with van der Waals surface area (Å²) in [4.78, 5) is 0. The van der Waals surface area contributed by atoms with E-state index in [1.54, 1.807) is 21.3 Å². The van der Waals surface area contributed by atoms with Crippen molar-refractivity contribution in [3.63, 3.8) is 0 Å². The smallest absolute Gasteiger partial charge is 0 e. The molecule has 0 amide bonds. The summed E-state index contributed by atoms with van der Waals surface area (Å²) in [6.45, 7) is 0. The molecule has 0 spiro atoms. The van der Waals surface area contributed by atoms with E-state index >= 15 is 0 Å². The quantitative estimate of drug-likeness (QED) is 0.703. The third-order valence-electron chi connectivity index (χ3n) is 0.577. The zero-order valence-electron chi connectivity index (χ0n) is 5.38. The predicted molar refractivity (Wildman–Crippen MR) is 32.5 cm³/mol. The van der Waals surface area contributed by atoms with Gasteiger partial charge in [0, 0.05) is 25.8 Å². The Hall–Kier alpha value is 1.62. The SMILES string of the molecule is C[O][In]([O]C)[O]C.[In]. The molecule has 0 atom stereocenters. The Morgan fingerprint density at radius 3 is 1.12 bits per heavy atom. The molecule has 0 aliphatic heterocycles. The second kappa shape index (κ2) is 8.62. The van der Waals surface area contributed by atoms with Crippen LogP contribution in [0.3, 0.4) is 0 Å². The molecule has 8 heavy (non-hydrogen) atoms. The minimum atomic E-state index is -2.26. The van der Waals surface area contributed by atoms with Crippen LogP contribution in [-0.2, 0) is 8.56 Å². The van der Waals surface area contributed by atoms with Crippen LogP contribution in [0.15, 0.2) is 0 Å². The van der Waals surface area contributed by atoms with Crippen molar-refractivity contribution in [2.75, 3.05) is 21.3 Å². The molecule has 0 saturated heterocycles. The zero-order valence-corrected chi connectivity index (χ0v) is 12.0. The minimum Gasteiger partial charge on any atom is 0 e. The van der Waals surface area contributed by atoms with E-state index in [1.165, 1.54) is 0 Å². The maximum atomic E-state index is 4.81. The van der Waals surface area contributed by atoms with Crippen molar-refractivity contribution in [2.24, 2.45) is 0 Å². The summed E-state index contributed by atoms with van der Waals surface area (Å²) in [5.41, 5.74) is 0. The van der Waals surface area contributed by atoms with Gasteiger partial charge in [0.2, 0.25) is 0 Å². The molecule has 0 aromatic heterocycles. The second-order valence-electron chi connectivity index (χ2n) is 0.996. The van der Waals surface area contributed by atoms with E-state index in [-0.39, 0.29) is 25.8 Å². The van der Waals surface area contributed by atoms with Crippen LogP contribution in [0, 0.1) is 0 Å². The first-order valence-corrected chi connectivity index (χ1v) is 5.97. The fraction of sp³-hybridized carbons (Fsp3) is 1.00. The van der Waals surface area contributed by atoms with E-state index in [1.807, 2.05) is 0 Å². The molecular formula is C3H9In2O3. The Balaban J connectivity index is 0. The molecule has 0 saturated carbocycles. The topological polar surface area (TPSA) is 27.7 Å². The van der Waals surface area contributed by atoms with Gasteiger partial charge in [0.15, 0.2) is 0 Å². The summed E-state index contributed by atoms with van der Waals surface area (Å²) < 4.78 is 14.4. The molecule has 0 bridgehead atoms. The van der Waals surface area contributed by atoms with E-state index in [0.29, 0.717) is 0 Å². The molecule has 0 unspecified atom stereocenters. The second-order valence-corrected chi connectivity index (χ2v) is 6.68. The minimum absolute atomic E-state index is 0. The van der Waals surface area contributed by atoms with Gasteiger partial charge in [-0.1, -0.05) is 0 Å². The fourth-order valence-electron chi connectivity index (χ4n) is 0.289.